The highest BCUT2D eigenvalue weighted by atomic mass is 16.3. The minimum atomic E-state index is -0.0637. The number of anilines is 1. The maximum absolute atomic E-state index is 12.4. The zero-order chi connectivity index (χ0) is 13.1. The van der Waals surface area contributed by atoms with Gasteiger partial charge in [-0.2, -0.15) is 0 Å². The lowest BCUT2D eigenvalue weighted by Gasteiger charge is -2.37. The van der Waals surface area contributed by atoms with Crippen molar-refractivity contribution in [2.75, 3.05) is 18.9 Å². The van der Waals surface area contributed by atoms with Crippen LogP contribution in [-0.2, 0) is 0 Å². The molecule has 2 rings (SSSR count). The zero-order valence-corrected chi connectivity index (χ0v) is 10.7. The van der Waals surface area contributed by atoms with Gasteiger partial charge in [0.25, 0.3) is 5.91 Å². The van der Waals surface area contributed by atoms with Crippen LogP contribution in [0.5, 0.6) is 0 Å². The Balaban J connectivity index is 2.21. The number of rotatable bonds is 4. The Bertz CT molecular complexity index is 441. The lowest BCUT2D eigenvalue weighted by atomic mass is 9.91. The quantitative estimate of drug-likeness (QED) is 0.795. The Kier molecular flexibility index (Phi) is 3.87. The van der Waals surface area contributed by atoms with Crippen molar-refractivity contribution in [3.63, 3.8) is 0 Å². The van der Waals surface area contributed by atoms with E-state index in [2.05, 4.69) is 0 Å². The summed E-state index contributed by atoms with van der Waals surface area (Å²) in [6.07, 6.45) is 3.21. The Morgan fingerprint density at radius 2 is 2.22 bits per heavy atom. The van der Waals surface area contributed by atoms with Crippen LogP contribution >= 0.6 is 0 Å². The maximum Gasteiger partial charge on any atom is 0.256 e. The summed E-state index contributed by atoms with van der Waals surface area (Å²) in [5, 5.41) is 9.09. The number of aliphatic hydroxyl groups is 1. The molecule has 98 valence electrons. The van der Waals surface area contributed by atoms with Crippen LogP contribution in [0.25, 0.3) is 0 Å². The summed E-state index contributed by atoms with van der Waals surface area (Å²) < 4.78 is 0. The van der Waals surface area contributed by atoms with Gasteiger partial charge in [0.05, 0.1) is 12.2 Å². The van der Waals surface area contributed by atoms with E-state index < -0.39 is 0 Å². The van der Waals surface area contributed by atoms with Crippen LogP contribution in [0.2, 0.25) is 0 Å². The lowest BCUT2D eigenvalue weighted by Crippen LogP contribution is -2.45. The van der Waals surface area contributed by atoms with Crippen molar-refractivity contribution in [2.45, 2.75) is 32.2 Å². The number of hydrogen-bond donors (Lipinski definition) is 2. The average molecular weight is 248 g/mol. The van der Waals surface area contributed by atoms with Crippen LogP contribution in [0, 0.1) is 6.92 Å². The molecular formula is C14H20N2O2. The van der Waals surface area contributed by atoms with Gasteiger partial charge in [-0.3, -0.25) is 4.79 Å². The standard InChI is InChI=1S/C14H20N2O2/c1-10-5-6-12(13(15)9-10)14(18)16(7-8-17)11-3-2-4-11/h5-6,9,11,17H,2-4,7-8,15H2,1H3. The van der Waals surface area contributed by atoms with Crippen LogP contribution in [0.1, 0.15) is 35.2 Å². The van der Waals surface area contributed by atoms with E-state index in [0.717, 1.165) is 24.8 Å². The van der Waals surface area contributed by atoms with Crippen molar-refractivity contribution in [1.82, 2.24) is 4.90 Å². The first-order valence-corrected chi connectivity index (χ1v) is 6.41. The molecule has 0 spiro atoms. The van der Waals surface area contributed by atoms with Crippen LogP contribution in [0.3, 0.4) is 0 Å². The van der Waals surface area contributed by atoms with Crippen molar-refractivity contribution >= 4 is 11.6 Å². The second-order valence-electron chi connectivity index (χ2n) is 4.90. The number of benzene rings is 1. The molecule has 0 radical (unpaired) electrons. The summed E-state index contributed by atoms with van der Waals surface area (Å²) in [6, 6.07) is 5.74. The number of nitrogen functional groups attached to an aromatic ring is 1. The Morgan fingerprint density at radius 1 is 1.50 bits per heavy atom. The third-order valence-electron chi connectivity index (χ3n) is 3.55. The number of nitrogens with zero attached hydrogens (tertiary/aromatic N) is 1. The highest BCUT2D eigenvalue weighted by molar-refractivity contribution is 5.99. The van der Waals surface area contributed by atoms with Crippen LogP contribution in [0.4, 0.5) is 5.69 Å². The van der Waals surface area contributed by atoms with Crippen molar-refractivity contribution < 1.29 is 9.90 Å². The lowest BCUT2D eigenvalue weighted by molar-refractivity contribution is 0.0527. The van der Waals surface area contributed by atoms with Crippen LogP contribution in [-0.4, -0.2) is 35.1 Å². The van der Waals surface area contributed by atoms with Gasteiger partial charge in [-0.15, -0.1) is 0 Å². The molecule has 18 heavy (non-hydrogen) atoms. The Labute approximate surface area is 107 Å². The summed E-state index contributed by atoms with van der Waals surface area (Å²) in [5.41, 5.74) is 8.01. The molecule has 1 amide bonds. The van der Waals surface area contributed by atoms with Gasteiger partial charge >= 0.3 is 0 Å². The van der Waals surface area contributed by atoms with E-state index in [1.165, 1.54) is 0 Å². The molecule has 1 aliphatic rings. The molecule has 1 fully saturated rings. The second kappa shape index (κ2) is 5.40. The molecule has 0 bridgehead atoms. The van der Waals surface area contributed by atoms with Crippen LogP contribution < -0.4 is 5.73 Å². The fourth-order valence-corrected chi connectivity index (χ4v) is 2.29. The minimum Gasteiger partial charge on any atom is -0.398 e. The van der Waals surface area contributed by atoms with Crippen LogP contribution in [0.15, 0.2) is 18.2 Å². The summed E-state index contributed by atoms with van der Waals surface area (Å²) >= 11 is 0. The summed E-state index contributed by atoms with van der Waals surface area (Å²) in [5.74, 6) is -0.0637. The molecule has 0 aliphatic heterocycles. The normalized spacial score (nSPS) is 15.2. The van der Waals surface area contributed by atoms with Gasteiger partial charge in [0, 0.05) is 18.3 Å². The summed E-state index contributed by atoms with van der Waals surface area (Å²) in [7, 11) is 0. The number of aliphatic hydroxyl groups excluding tert-OH is 1. The molecule has 1 aromatic carbocycles. The third-order valence-corrected chi connectivity index (χ3v) is 3.55. The van der Waals surface area contributed by atoms with E-state index >= 15 is 0 Å². The number of hydrogen-bond acceptors (Lipinski definition) is 3. The third kappa shape index (κ3) is 2.48. The molecule has 1 aliphatic carbocycles. The molecule has 0 saturated heterocycles. The van der Waals surface area contributed by atoms with Gasteiger partial charge in [0.2, 0.25) is 0 Å². The fraction of sp³-hybridized carbons (Fsp3) is 0.500. The second-order valence-corrected chi connectivity index (χ2v) is 4.90. The zero-order valence-electron chi connectivity index (χ0n) is 10.7. The number of carbonyl (C=O) groups excluding carboxylic acids is 1. The van der Waals surface area contributed by atoms with Crippen molar-refractivity contribution in [2.24, 2.45) is 0 Å². The summed E-state index contributed by atoms with van der Waals surface area (Å²) in [6.45, 7) is 2.33. The first-order valence-electron chi connectivity index (χ1n) is 6.41. The van der Waals surface area contributed by atoms with Gasteiger partial charge in [-0.05, 0) is 43.9 Å². The average Bonchev–Trinajstić information content (AvgIpc) is 2.25. The molecule has 1 aromatic rings. The monoisotopic (exact) mass is 248 g/mol. The van der Waals surface area contributed by atoms with E-state index in [0.29, 0.717) is 17.8 Å². The van der Waals surface area contributed by atoms with E-state index in [4.69, 9.17) is 10.8 Å². The van der Waals surface area contributed by atoms with E-state index in [1.54, 1.807) is 11.0 Å². The molecule has 1 saturated carbocycles. The molecule has 4 nitrogen and oxygen atoms in total. The fourth-order valence-electron chi connectivity index (χ4n) is 2.29. The largest absolute Gasteiger partial charge is 0.398 e. The topological polar surface area (TPSA) is 66.6 Å². The first kappa shape index (κ1) is 12.9. The molecule has 4 heteroatoms. The number of nitrogens with two attached hydrogens (primary N) is 1. The van der Waals surface area contributed by atoms with E-state index in [9.17, 15) is 4.79 Å². The first-order chi connectivity index (χ1) is 8.63. The highest BCUT2D eigenvalue weighted by Crippen LogP contribution is 2.27. The molecule has 3 N–H and O–H groups in total. The van der Waals surface area contributed by atoms with Crippen molar-refractivity contribution in [3.05, 3.63) is 29.3 Å². The van der Waals surface area contributed by atoms with Gasteiger partial charge in [0.1, 0.15) is 0 Å². The van der Waals surface area contributed by atoms with Crippen molar-refractivity contribution in [1.29, 1.82) is 0 Å². The molecule has 0 unspecified atom stereocenters. The van der Waals surface area contributed by atoms with Gasteiger partial charge in [-0.1, -0.05) is 6.07 Å². The van der Waals surface area contributed by atoms with Crippen molar-refractivity contribution in [3.8, 4) is 0 Å². The Hall–Kier alpha value is -1.55. The predicted molar refractivity (Wildman–Crippen MR) is 71.4 cm³/mol. The number of amides is 1. The number of carbonyl (C=O) groups is 1. The Morgan fingerprint density at radius 3 is 2.72 bits per heavy atom. The predicted octanol–water partition coefficient (Wildman–Crippen LogP) is 1.56. The SMILES string of the molecule is Cc1ccc(C(=O)N(CCO)C2CCC2)c(N)c1. The van der Waals surface area contributed by atoms with E-state index in [1.807, 2.05) is 19.1 Å². The molecule has 0 aromatic heterocycles. The minimum absolute atomic E-state index is 0.00595. The highest BCUT2D eigenvalue weighted by Gasteiger charge is 2.29. The van der Waals surface area contributed by atoms with Gasteiger partial charge < -0.3 is 15.7 Å². The molecular weight excluding hydrogens is 228 g/mol. The summed E-state index contributed by atoms with van der Waals surface area (Å²) in [4.78, 5) is 14.2. The van der Waals surface area contributed by atoms with E-state index in [-0.39, 0.29) is 18.6 Å². The molecule has 0 heterocycles. The number of aryl methyl sites for hydroxylation is 1. The van der Waals surface area contributed by atoms with Gasteiger partial charge in [-0.25, -0.2) is 0 Å². The molecule has 0 atom stereocenters. The maximum atomic E-state index is 12.4. The van der Waals surface area contributed by atoms with Gasteiger partial charge in [0.15, 0.2) is 0 Å². The smallest absolute Gasteiger partial charge is 0.256 e.